The molecule has 22 heavy (non-hydrogen) atoms. The van der Waals surface area contributed by atoms with Gasteiger partial charge in [-0.2, -0.15) is 0 Å². The summed E-state index contributed by atoms with van der Waals surface area (Å²) in [5.74, 6) is 0.590. The first-order valence-corrected chi connectivity index (χ1v) is 8.19. The average Bonchev–Trinajstić information content (AvgIpc) is 3.35. The lowest BCUT2D eigenvalue weighted by Gasteiger charge is -2.17. The molecule has 114 valence electrons. The summed E-state index contributed by atoms with van der Waals surface area (Å²) in [6.07, 6.45) is 3.14. The van der Waals surface area contributed by atoms with Crippen LogP contribution in [0.15, 0.2) is 54.6 Å². The van der Waals surface area contributed by atoms with Gasteiger partial charge in [0.05, 0.1) is 5.92 Å². The van der Waals surface area contributed by atoms with Crippen molar-refractivity contribution in [1.82, 2.24) is 5.32 Å². The molecule has 0 heterocycles. The number of benzene rings is 2. The van der Waals surface area contributed by atoms with Gasteiger partial charge in [-0.3, -0.25) is 4.79 Å². The predicted octanol–water partition coefficient (Wildman–Crippen LogP) is 4.19. The van der Waals surface area contributed by atoms with Crippen LogP contribution in [0.3, 0.4) is 0 Å². The molecule has 1 unspecified atom stereocenters. The lowest BCUT2D eigenvalue weighted by molar-refractivity contribution is -0.123. The highest BCUT2D eigenvalue weighted by molar-refractivity contribution is 6.30. The highest BCUT2D eigenvalue weighted by Gasteiger charge is 2.36. The quantitative estimate of drug-likeness (QED) is 0.851. The molecule has 1 atom stereocenters. The van der Waals surface area contributed by atoms with Crippen molar-refractivity contribution in [3.63, 3.8) is 0 Å². The molecule has 1 fully saturated rings. The predicted molar refractivity (Wildman–Crippen MR) is 90.1 cm³/mol. The highest BCUT2D eigenvalue weighted by atomic mass is 35.5. The normalized spacial score (nSPS) is 15.3. The van der Waals surface area contributed by atoms with Crippen LogP contribution in [0.4, 0.5) is 0 Å². The van der Waals surface area contributed by atoms with E-state index in [-0.39, 0.29) is 11.8 Å². The van der Waals surface area contributed by atoms with Crippen LogP contribution in [0.25, 0.3) is 0 Å². The first kappa shape index (κ1) is 15.1. The van der Waals surface area contributed by atoms with Gasteiger partial charge in [-0.05, 0) is 48.4 Å². The van der Waals surface area contributed by atoms with E-state index in [4.69, 9.17) is 11.6 Å². The molecule has 2 nitrogen and oxygen atoms in total. The van der Waals surface area contributed by atoms with E-state index < -0.39 is 0 Å². The average molecular weight is 314 g/mol. The first-order valence-electron chi connectivity index (χ1n) is 7.81. The van der Waals surface area contributed by atoms with Crippen molar-refractivity contribution in [3.05, 3.63) is 70.7 Å². The van der Waals surface area contributed by atoms with Gasteiger partial charge in [-0.1, -0.05) is 54.1 Å². The lowest BCUT2D eigenvalue weighted by atomic mass is 9.93. The van der Waals surface area contributed by atoms with E-state index in [0.717, 1.165) is 24.8 Å². The molecular formula is C19H20ClNO. The van der Waals surface area contributed by atoms with Gasteiger partial charge in [-0.25, -0.2) is 0 Å². The highest BCUT2D eigenvalue weighted by Crippen LogP contribution is 2.42. The van der Waals surface area contributed by atoms with Crippen LogP contribution in [0.2, 0.25) is 5.02 Å². The molecule has 3 rings (SSSR count). The van der Waals surface area contributed by atoms with E-state index in [1.165, 1.54) is 5.56 Å². The zero-order chi connectivity index (χ0) is 15.4. The minimum absolute atomic E-state index is 0.0342. The third-order valence-corrected chi connectivity index (χ3v) is 4.41. The topological polar surface area (TPSA) is 29.1 Å². The molecule has 0 saturated heterocycles. The third kappa shape index (κ3) is 3.89. The minimum Gasteiger partial charge on any atom is -0.355 e. The summed E-state index contributed by atoms with van der Waals surface area (Å²) in [6.45, 7) is 0.680. The van der Waals surface area contributed by atoms with E-state index in [2.05, 4.69) is 17.4 Å². The summed E-state index contributed by atoms with van der Waals surface area (Å²) < 4.78 is 0. The van der Waals surface area contributed by atoms with E-state index in [0.29, 0.717) is 17.5 Å². The molecule has 3 heteroatoms. The summed E-state index contributed by atoms with van der Waals surface area (Å²) in [4.78, 5) is 12.6. The van der Waals surface area contributed by atoms with Gasteiger partial charge in [0.15, 0.2) is 0 Å². The monoisotopic (exact) mass is 313 g/mol. The summed E-state index contributed by atoms with van der Waals surface area (Å²) in [7, 11) is 0. The molecule has 2 aromatic rings. The molecule has 0 aliphatic heterocycles. The van der Waals surface area contributed by atoms with Crippen LogP contribution >= 0.6 is 11.6 Å². The molecule has 1 N–H and O–H groups in total. The molecule has 0 radical (unpaired) electrons. The maximum absolute atomic E-state index is 12.6. The second-order valence-electron chi connectivity index (χ2n) is 5.89. The Bertz CT molecular complexity index is 620. The van der Waals surface area contributed by atoms with Gasteiger partial charge in [0.2, 0.25) is 5.91 Å². The number of amides is 1. The molecule has 2 aromatic carbocycles. The van der Waals surface area contributed by atoms with Gasteiger partial charge >= 0.3 is 0 Å². The Balaban J connectivity index is 1.60. The number of nitrogens with one attached hydrogen (secondary N) is 1. The number of rotatable bonds is 6. The standard InChI is InChI=1S/C19H20ClNO/c20-17-10-8-16(9-11-17)18(15-6-7-15)19(22)21-13-12-14-4-2-1-3-5-14/h1-5,8-11,15,18H,6-7,12-13H2,(H,21,22). The lowest BCUT2D eigenvalue weighted by Crippen LogP contribution is -2.32. The largest absolute Gasteiger partial charge is 0.355 e. The van der Waals surface area contributed by atoms with E-state index >= 15 is 0 Å². The Morgan fingerprint density at radius 2 is 1.77 bits per heavy atom. The maximum atomic E-state index is 12.6. The molecule has 0 aromatic heterocycles. The maximum Gasteiger partial charge on any atom is 0.227 e. The summed E-state index contributed by atoms with van der Waals surface area (Å²) >= 11 is 5.94. The Kier molecular flexibility index (Phi) is 4.79. The fraction of sp³-hybridized carbons (Fsp3) is 0.316. The van der Waals surface area contributed by atoms with Crippen LogP contribution < -0.4 is 5.32 Å². The summed E-state index contributed by atoms with van der Waals surface area (Å²) in [5.41, 5.74) is 2.32. The van der Waals surface area contributed by atoms with Crippen LogP contribution in [0, 0.1) is 5.92 Å². The van der Waals surface area contributed by atoms with E-state index in [1.54, 1.807) is 0 Å². The molecule has 1 aliphatic carbocycles. The van der Waals surface area contributed by atoms with E-state index in [9.17, 15) is 4.79 Å². The Morgan fingerprint density at radius 3 is 2.41 bits per heavy atom. The van der Waals surface area contributed by atoms with Crippen LogP contribution in [0.5, 0.6) is 0 Å². The minimum atomic E-state index is -0.0342. The molecular weight excluding hydrogens is 294 g/mol. The van der Waals surface area contributed by atoms with Crippen LogP contribution in [0.1, 0.15) is 29.9 Å². The zero-order valence-corrected chi connectivity index (χ0v) is 13.2. The SMILES string of the molecule is O=C(NCCc1ccccc1)C(c1ccc(Cl)cc1)C1CC1. The summed E-state index contributed by atoms with van der Waals surface area (Å²) in [6, 6.07) is 17.9. The van der Waals surface area contributed by atoms with Crippen molar-refractivity contribution in [2.75, 3.05) is 6.54 Å². The molecule has 1 amide bonds. The fourth-order valence-corrected chi connectivity index (χ4v) is 2.95. The Labute approximate surface area is 136 Å². The van der Waals surface area contributed by atoms with Crippen molar-refractivity contribution in [2.45, 2.75) is 25.2 Å². The second kappa shape index (κ2) is 6.97. The van der Waals surface area contributed by atoms with Crippen molar-refractivity contribution in [2.24, 2.45) is 5.92 Å². The molecule has 1 saturated carbocycles. The fourth-order valence-electron chi connectivity index (χ4n) is 2.82. The smallest absolute Gasteiger partial charge is 0.227 e. The number of carbonyl (C=O) groups is 1. The van der Waals surface area contributed by atoms with Gasteiger partial charge in [0.25, 0.3) is 0 Å². The molecule has 0 spiro atoms. The number of carbonyl (C=O) groups excluding carboxylic acids is 1. The molecule has 0 bridgehead atoms. The van der Waals surface area contributed by atoms with Gasteiger partial charge in [-0.15, -0.1) is 0 Å². The summed E-state index contributed by atoms with van der Waals surface area (Å²) in [5, 5.41) is 3.80. The molecule has 1 aliphatic rings. The van der Waals surface area contributed by atoms with Gasteiger partial charge < -0.3 is 5.32 Å². The van der Waals surface area contributed by atoms with Crippen LogP contribution in [-0.2, 0) is 11.2 Å². The van der Waals surface area contributed by atoms with Crippen LogP contribution in [-0.4, -0.2) is 12.5 Å². The van der Waals surface area contributed by atoms with E-state index in [1.807, 2.05) is 42.5 Å². The van der Waals surface area contributed by atoms with Gasteiger partial charge in [0, 0.05) is 11.6 Å². The number of halogens is 1. The second-order valence-corrected chi connectivity index (χ2v) is 6.33. The Hall–Kier alpha value is -1.80. The van der Waals surface area contributed by atoms with Crippen molar-refractivity contribution in [1.29, 1.82) is 0 Å². The van der Waals surface area contributed by atoms with Gasteiger partial charge in [0.1, 0.15) is 0 Å². The number of hydrogen-bond donors (Lipinski definition) is 1. The number of hydrogen-bond acceptors (Lipinski definition) is 1. The van der Waals surface area contributed by atoms with Crippen molar-refractivity contribution < 1.29 is 4.79 Å². The van der Waals surface area contributed by atoms with Crippen molar-refractivity contribution >= 4 is 17.5 Å². The first-order chi connectivity index (χ1) is 10.7. The Morgan fingerprint density at radius 1 is 1.09 bits per heavy atom. The third-order valence-electron chi connectivity index (χ3n) is 4.16. The zero-order valence-electron chi connectivity index (χ0n) is 12.5. The van der Waals surface area contributed by atoms with Crippen molar-refractivity contribution in [3.8, 4) is 0 Å².